The van der Waals surface area contributed by atoms with Crippen molar-refractivity contribution in [2.75, 3.05) is 0 Å². The predicted molar refractivity (Wildman–Crippen MR) is 58.6 cm³/mol. The maximum absolute atomic E-state index is 6.26. The van der Waals surface area contributed by atoms with Crippen LogP contribution in [0.1, 0.15) is 31.2 Å². The molecule has 1 aliphatic carbocycles. The van der Waals surface area contributed by atoms with Crippen molar-refractivity contribution >= 4 is 23.2 Å². The first kappa shape index (κ1) is 10.2. The van der Waals surface area contributed by atoms with E-state index >= 15 is 0 Å². The van der Waals surface area contributed by atoms with Gasteiger partial charge in [-0.1, -0.05) is 36.0 Å². The maximum atomic E-state index is 6.26. The first-order chi connectivity index (χ1) is 6.62. The number of rotatable bonds is 1. The zero-order chi connectivity index (χ0) is 10.2. The molecule has 2 nitrogen and oxygen atoms in total. The minimum atomic E-state index is -0.283. The average molecular weight is 231 g/mol. The molecule has 0 amide bonds. The topological polar surface area (TPSA) is 38.9 Å². The van der Waals surface area contributed by atoms with Gasteiger partial charge in [0.25, 0.3) is 0 Å². The highest BCUT2D eigenvalue weighted by Crippen LogP contribution is 2.39. The van der Waals surface area contributed by atoms with E-state index in [1.807, 2.05) is 0 Å². The molecule has 1 heterocycles. The van der Waals surface area contributed by atoms with E-state index in [9.17, 15) is 0 Å². The van der Waals surface area contributed by atoms with Crippen molar-refractivity contribution in [1.82, 2.24) is 4.98 Å². The Morgan fingerprint density at radius 3 is 2.50 bits per heavy atom. The fourth-order valence-corrected chi connectivity index (χ4v) is 2.60. The molecule has 2 N–H and O–H groups in total. The molecule has 2 rings (SSSR count). The van der Waals surface area contributed by atoms with E-state index in [0.29, 0.717) is 10.2 Å². The fourth-order valence-electron chi connectivity index (χ4n) is 2.05. The van der Waals surface area contributed by atoms with E-state index in [4.69, 9.17) is 28.9 Å². The summed E-state index contributed by atoms with van der Waals surface area (Å²) in [5, 5.41) is 1.05. The third kappa shape index (κ3) is 1.74. The monoisotopic (exact) mass is 230 g/mol. The van der Waals surface area contributed by atoms with Crippen molar-refractivity contribution < 1.29 is 0 Å². The van der Waals surface area contributed by atoms with Gasteiger partial charge < -0.3 is 5.73 Å². The second-order valence-electron chi connectivity index (χ2n) is 3.85. The molecule has 0 spiro atoms. The maximum Gasteiger partial charge on any atom is 0.130 e. The highest BCUT2D eigenvalue weighted by molar-refractivity contribution is 6.34. The van der Waals surface area contributed by atoms with E-state index in [-0.39, 0.29) is 5.54 Å². The van der Waals surface area contributed by atoms with E-state index < -0.39 is 0 Å². The Hall–Kier alpha value is -0.310. The molecular formula is C10H12Cl2N2. The van der Waals surface area contributed by atoms with Gasteiger partial charge in [0, 0.05) is 17.3 Å². The van der Waals surface area contributed by atoms with Crippen molar-refractivity contribution in [3.8, 4) is 0 Å². The zero-order valence-corrected chi connectivity index (χ0v) is 9.28. The first-order valence-corrected chi connectivity index (χ1v) is 5.48. The van der Waals surface area contributed by atoms with Crippen molar-refractivity contribution in [3.63, 3.8) is 0 Å². The summed E-state index contributed by atoms with van der Waals surface area (Å²) in [6.07, 6.45) is 5.99. The van der Waals surface area contributed by atoms with Crippen LogP contribution in [0.5, 0.6) is 0 Å². The van der Waals surface area contributed by atoms with E-state index in [1.165, 1.54) is 0 Å². The van der Waals surface area contributed by atoms with Gasteiger partial charge in [-0.05, 0) is 18.9 Å². The number of halogens is 2. The average Bonchev–Trinajstić information content (AvgIpc) is 2.52. The molecule has 0 saturated heterocycles. The van der Waals surface area contributed by atoms with Gasteiger partial charge in [-0.25, -0.2) is 4.98 Å². The lowest BCUT2D eigenvalue weighted by Crippen LogP contribution is -2.33. The number of nitrogens with zero attached hydrogens (tertiary/aromatic N) is 1. The van der Waals surface area contributed by atoms with Crippen LogP contribution in [0.2, 0.25) is 10.2 Å². The van der Waals surface area contributed by atoms with Gasteiger partial charge >= 0.3 is 0 Å². The Bertz CT molecular complexity index is 346. The molecule has 0 aliphatic heterocycles. The molecule has 14 heavy (non-hydrogen) atoms. The number of hydrogen-bond acceptors (Lipinski definition) is 2. The summed E-state index contributed by atoms with van der Waals surface area (Å²) in [5.74, 6) is 0. The van der Waals surface area contributed by atoms with Crippen LogP contribution in [0.4, 0.5) is 0 Å². The van der Waals surface area contributed by atoms with Gasteiger partial charge in [0.15, 0.2) is 0 Å². The Morgan fingerprint density at radius 2 is 1.93 bits per heavy atom. The van der Waals surface area contributed by atoms with Crippen LogP contribution in [-0.2, 0) is 5.54 Å². The van der Waals surface area contributed by atoms with Crippen molar-refractivity contribution in [3.05, 3.63) is 28.0 Å². The molecule has 0 bridgehead atoms. The van der Waals surface area contributed by atoms with Crippen LogP contribution in [-0.4, -0.2) is 4.98 Å². The van der Waals surface area contributed by atoms with Gasteiger partial charge in [0.2, 0.25) is 0 Å². The lowest BCUT2D eigenvalue weighted by molar-refractivity contribution is 0.460. The van der Waals surface area contributed by atoms with Crippen LogP contribution in [0.25, 0.3) is 0 Å². The summed E-state index contributed by atoms with van der Waals surface area (Å²) in [4.78, 5) is 4.03. The predicted octanol–water partition coefficient (Wildman–Crippen LogP) is 3.12. The molecule has 4 heteroatoms. The smallest absolute Gasteiger partial charge is 0.130 e. The van der Waals surface area contributed by atoms with Gasteiger partial charge in [-0.2, -0.15) is 0 Å². The third-order valence-corrected chi connectivity index (χ3v) is 3.37. The van der Waals surface area contributed by atoms with Crippen molar-refractivity contribution in [1.29, 1.82) is 0 Å². The van der Waals surface area contributed by atoms with Gasteiger partial charge in [-0.15, -0.1) is 0 Å². The molecule has 1 saturated carbocycles. The van der Waals surface area contributed by atoms with E-state index in [1.54, 1.807) is 12.3 Å². The third-order valence-electron chi connectivity index (χ3n) is 2.85. The van der Waals surface area contributed by atoms with Crippen LogP contribution >= 0.6 is 23.2 Å². The van der Waals surface area contributed by atoms with Crippen molar-refractivity contribution in [2.45, 2.75) is 31.2 Å². The Morgan fingerprint density at radius 1 is 1.29 bits per heavy atom. The molecule has 0 unspecified atom stereocenters. The highest BCUT2D eigenvalue weighted by atomic mass is 35.5. The number of aromatic nitrogens is 1. The fraction of sp³-hybridized carbons (Fsp3) is 0.500. The van der Waals surface area contributed by atoms with Gasteiger partial charge in [-0.3, -0.25) is 0 Å². The Kier molecular flexibility index (Phi) is 2.69. The second kappa shape index (κ2) is 3.69. The van der Waals surface area contributed by atoms with Crippen molar-refractivity contribution in [2.24, 2.45) is 5.73 Å². The number of pyridine rings is 1. The molecule has 1 aromatic heterocycles. The molecule has 1 fully saturated rings. The zero-order valence-electron chi connectivity index (χ0n) is 7.76. The second-order valence-corrected chi connectivity index (χ2v) is 4.64. The summed E-state index contributed by atoms with van der Waals surface area (Å²) in [6.45, 7) is 0. The molecule has 1 aromatic rings. The van der Waals surface area contributed by atoms with E-state index in [0.717, 1.165) is 31.2 Å². The summed E-state index contributed by atoms with van der Waals surface area (Å²) >= 11 is 11.8. The normalized spacial score (nSPS) is 19.9. The van der Waals surface area contributed by atoms with Crippen LogP contribution in [0, 0.1) is 0 Å². The lowest BCUT2D eigenvalue weighted by atomic mass is 9.91. The summed E-state index contributed by atoms with van der Waals surface area (Å²) < 4.78 is 0. The molecule has 76 valence electrons. The Balaban J connectivity index is 2.40. The minimum Gasteiger partial charge on any atom is -0.321 e. The molecule has 0 atom stereocenters. The summed E-state index contributed by atoms with van der Waals surface area (Å²) in [7, 11) is 0. The van der Waals surface area contributed by atoms with Gasteiger partial charge in [0.05, 0.1) is 5.02 Å². The molecular weight excluding hydrogens is 219 g/mol. The number of hydrogen-bond donors (Lipinski definition) is 1. The molecule has 1 aliphatic rings. The molecule has 0 aromatic carbocycles. The van der Waals surface area contributed by atoms with E-state index in [2.05, 4.69) is 4.98 Å². The van der Waals surface area contributed by atoms with Gasteiger partial charge in [0.1, 0.15) is 5.15 Å². The minimum absolute atomic E-state index is 0.283. The largest absolute Gasteiger partial charge is 0.321 e. The van der Waals surface area contributed by atoms with Crippen LogP contribution < -0.4 is 5.73 Å². The quantitative estimate of drug-likeness (QED) is 0.754. The summed E-state index contributed by atoms with van der Waals surface area (Å²) in [6, 6.07) is 1.66. The SMILES string of the molecule is NC1(c2cnc(Cl)cc2Cl)CCCC1. The lowest BCUT2D eigenvalue weighted by Gasteiger charge is -2.24. The summed E-state index contributed by atoms with van der Waals surface area (Å²) in [5.41, 5.74) is 6.91. The Labute approximate surface area is 93.4 Å². The molecule has 0 radical (unpaired) electrons. The standard InChI is InChI=1S/C10H12Cl2N2/c11-8-5-9(12)14-6-7(8)10(13)3-1-2-4-10/h5-6H,1-4,13H2. The first-order valence-electron chi connectivity index (χ1n) is 4.72. The van der Waals surface area contributed by atoms with Crippen LogP contribution in [0.3, 0.4) is 0 Å². The highest BCUT2D eigenvalue weighted by Gasteiger charge is 2.33. The van der Waals surface area contributed by atoms with Crippen LogP contribution in [0.15, 0.2) is 12.3 Å². The number of nitrogens with two attached hydrogens (primary N) is 1.